The van der Waals surface area contributed by atoms with Gasteiger partial charge in [-0.15, -0.1) is 0 Å². The van der Waals surface area contributed by atoms with Crippen molar-refractivity contribution in [3.63, 3.8) is 0 Å². The fraction of sp³-hybridized carbons (Fsp3) is 0.500. The van der Waals surface area contributed by atoms with Crippen molar-refractivity contribution in [2.24, 2.45) is 0 Å². The minimum atomic E-state index is -3.51. The highest BCUT2D eigenvalue weighted by atomic mass is 32.2. The quantitative estimate of drug-likeness (QED) is 0.518. The Morgan fingerprint density at radius 2 is 1.61 bits per heavy atom. The molecule has 3 rings (SSSR count). The van der Waals surface area contributed by atoms with E-state index in [-0.39, 0.29) is 10.8 Å². The third-order valence-electron chi connectivity index (χ3n) is 6.32. The molecule has 1 amide bonds. The second-order valence-corrected chi connectivity index (χ2v) is 10.6. The van der Waals surface area contributed by atoms with Crippen LogP contribution in [0, 0.1) is 0 Å². The molecule has 0 radical (unpaired) electrons. The summed E-state index contributed by atoms with van der Waals surface area (Å²) in [7, 11) is -3.51. The van der Waals surface area contributed by atoms with Crippen LogP contribution >= 0.6 is 0 Å². The van der Waals surface area contributed by atoms with Gasteiger partial charge >= 0.3 is 0 Å². The Morgan fingerprint density at radius 1 is 0.970 bits per heavy atom. The lowest BCUT2D eigenvalue weighted by atomic mass is 9.98. The summed E-state index contributed by atoms with van der Waals surface area (Å²) < 4.78 is 33.6. The van der Waals surface area contributed by atoms with Crippen molar-refractivity contribution < 1.29 is 17.9 Å². The van der Waals surface area contributed by atoms with E-state index >= 15 is 0 Å². The summed E-state index contributed by atoms with van der Waals surface area (Å²) in [6, 6.07) is 14.3. The van der Waals surface area contributed by atoms with Crippen molar-refractivity contribution in [1.29, 1.82) is 0 Å². The standard InChI is InChI=1S/C26H36N2O4S/c1-4-20(3)23-12-8-9-13-25(23)32-24(5-2)26(29)27-21-14-16-22(17-15-21)33(30,31)28-18-10-6-7-11-19-28/h8-9,12-17,20,24H,4-7,10-11,18-19H2,1-3H3,(H,27,29). The lowest BCUT2D eigenvalue weighted by molar-refractivity contribution is -0.122. The van der Waals surface area contributed by atoms with Crippen LogP contribution in [0.2, 0.25) is 0 Å². The van der Waals surface area contributed by atoms with Crippen molar-refractivity contribution in [1.82, 2.24) is 4.31 Å². The third-order valence-corrected chi connectivity index (χ3v) is 8.23. The second kappa shape index (κ2) is 11.7. The topological polar surface area (TPSA) is 75.7 Å². The number of amides is 1. The molecule has 0 saturated carbocycles. The molecule has 0 aliphatic carbocycles. The first-order chi connectivity index (χ1) is 15.9. The van der Waals surface area contributed by atoms with E-state index in [9.17, 15) is 13.2 Å². The molecule has 33 heavy (non-hydrogen) atoms. The van der Waals surface area contributed by atoms with Crippen LogP contribution in [-0.2, 0) is 14.8 Å². The van der Waals surface area contributed by atoms with E-state index in [4.69, 9.17) is 4.74 Å². The zero-order chi connectivity index (χ0) is 23.8. The van der Waals surface area contributed by atoms with Crippen LogP contribution < -0.4 is 10.1 Å². The van der Waals surface area contributed by atoms with Crippen LogP contribution in [0.1, 0.15) is 70.8 Å². The summed E-state index contributed by atoms with van der Waals surface area (Å²) in [5, 5.41) is 2.87. The van der Waals surface area contributed by atoms with Crippen molar-refractivity contribution in [3.8, 4) is 5.75 Å². The molecule has 7 heteroatoms. The number of benzene rings is 2. The highest BCUT2D eigenvalue weighted by Crippen LogP contribution is 2.30. The van der Waals surface area contributed by atoms with Gasteiger partial charge in [0.1, 0.15) is 5.75 Å². The minimum absolute atomic E-state index is 0.250. The number of ether oxygens (including phenoxy) is 1. The van der Waals surface area contributed by atoms with Crippen LogP contribution in [-0.4, -0.2) is 37.8 Å². The van der Waals surface area contributed by atoms with E-state index in [2.05, 4.69) is 19.2 Å². The van der Waals surface area contributed by atoms with Crippen molar-refractivity contribution in [3.05, 3.63) is 54.1 Å². The molecular formula is C26H36N2O4S. The molecule has 1 heterocycles. The maximum Gasteiger partial charge on any atom is 0.265 e. The van der Waals surface area contributed by atoms with Gasteiger partial charge in [0, 0.05) is 18.8 Å². The minimum Gasteiger partial charge on any atom is -0.480 e. The Morgan fingerprint density at radius 3 is 2.21 bits per heavy atom. The van der Waals surface area contributed by atoms with Crippen molar-refractivity contribution >= 4 is 21.6 Å². The molecule has 2 aromatic carbocycles. The third kappa shape index (κ3) is 6.36. The molecule has 2 atom stereocenters. The molecule has 6 nitrogen and oxygen atoms in total. The van der Waals surface area contributed by atoms with Gasteiger partial charge in [0.05, 0.1) is 4.90 Å². The van der Waals surface area contributed by atoms with Crippen molar-refractivity contribution in [2.75, 3.05) is 18.4 Å². The van der Waals surface area contributed by atoms with Crippen LogP contribution in [0.15, 0.2) is 53.4 Å². The molecule has 0 aromatic heterocycles. The normalized spacial score (nSPS) is 17.1. The highest BCUT2D eigenvalue weighted by Gasteiger charge is 2.25. The molecule has 1 saturated heterocycles. The smallest absolute Gasteiger partial charge is 0.265 e. The van der Waals surface area contributed by atoms with E-state index in [0.717, 1.165) is 43.4 Å². The predicted molar refractivity (Wildman–Crippen MR) is 132 cm³/mol. The Labute approximate surface area is 198 Å². The first-order valence-corrected chi connectivity index (χ1v) is 13.5. The number of anilines is 1. The second-order valence-electron chi connectivity index (χ2n) is 8.69. The number of carbonyl (C=O) groups excluding carboxylic acids is 1. The predicted octanol–water partition coefficient (Wildman–Crippen LogP) is 5.56. The number of para-hydroxylation sites is 1. The molecule has 1 aliphatic rings. The summed E-state index contributed by atoms with van der Waals surface area (Å²) in [6.45, 7) is 7.31. The summed E-state index contributed by atoms with van der Waals surface area (Å²) in [4.78, 5) is 13.2. The van der Waals surface area contributed by atoms with Crippen LogP contribution in [0.25, 0.3) is 0 Å². The molecule has 0 spiro atoms. The molecule has 1 N–H and O–H groups in total. The zero-order valence-electron chi connectivity index (χ0n) is 19.9. The number of carbonyl (C=O) groups is 1. The van der Waals surface area contributed by atoms with E-state index in [1.807, 2.05) is 31.2 Å². The SMILES string of the molecule is CCC(Oc1ccccc1C(C)CC)C(=O)Nc1ccc(S(=O)(=O)N2CCCCCC2)cc1. The number of rotatable bonds is 9. The molecular weight excluding hydrogens is 436 g/mol. The number of hydrogen-bond donors (Lipinski definition) is 1. The Hall–Kier alpha value is -2.38. The summed E-state index contributed by atoms with van der Waals surface area (Å²) in [5.74, 6) is 0.813. The van der Waals surface area contributed by atoms with E-state index in [0.29, 0.717) is 31.1 Å². The average molecular weight is 473 g/mol. The molecule has 2 unspecified atom stereocenters. The first-order valence-electron chi connectivity index (χ1n) is 12.0. The number of sulfonamides is 1. The Balaban J connectivity index is 1.68. The lowest BCUT2D eigenvalue weighted by Crippen LogP contribution is -2.33. The molecule has 1 aliphatic heterocycles. The molecule has 0 bridgehead atoms. The number of nitrogens with one attached hydrogen (secondary N) is 1. The van der Waals surface area contributed by atoms with Crippen LogP contribution in [0.4, 0.5) is 5.69 Å². The highest BCUT2D eigenvalue weighted by molar-refractivity contribution is 7.89. The van der Waals surface area contributed by atoms with Gasteiger partial charge in [-0.05, 0) is 67.5 Å². The summed E-state index contributed by atoms with van der Waals surface area (Å²) >= 11 is 0. The van der Waals surface area contributed by atoms with Gasteiger partial charge in [0.15, 0.2) is 6.10 Å². The van der Waals surface area contributed by atoms with Gasteiger partial charge in [-0.1, -0.05) is 51.8 Å². The number of nitrogens with zero attached hydrogens (tertiary/aromatic N) is 1. The maximum atomic E-state index is 13.0. The Bertz CT molecular complexity index is 1010. The van der Waals surface area contributed by atoms with E-state index in [1.54, 1.807) is 28.6 Å². The fourth-order valence-corrected chi connectivity index (χ4v) is 5.57. The molecule has 2 aromatic rings. The van der Waals surface area contributed by atoms with Gasteiger partial charge in [0.2, 0.25) is 10.0 Å². The lowest BCUT2D eigenvalue weighted by Gasteiger charge is -2.22. The van der Waals surface area contributed by atoms with E-state index < -0.39 is 16.1 Å². The maximum absolute atomic E-state index is 13.0. The molecule has 180 valence electrons. The van der Waals surface area contributed by atoms with Crippen LogP contribution in [0.5, 0.6) is 5.75 Å². The van der Waals surface area contributed by atoms with Gasteiger partial charge < -0.3 is 10.1 Å². The van der Waals surface area contributed by atoms with Crippen LogP contribution in [0.3, 0.4) is 0 Å². The summed E-state index contributed by atoms with van der Waals surface area (Å²) in [6.07, 6.45) is 4.78. The first kappa shape index (κ1) is 25.2. The monoisotopic (exact) mass is 472 g/mol. The zero-order valence-corrected chi connectivity index (χ0v) is 20.7. The average Bonchev–Trinajstić information content (AvgIpc) is 3.13. The van der Waals surface area contributed by atoms with E-state index in [1.165, 1.54) is 0 Å². The molecule has 1 fully saturated rings. The van der Waals surface area contributed by atoms with Crippen molar-refractivity contribution in [2.45, 2.75) is 76.2 Å². The Kier molecular flexibility index (Phi) is 8.92. The van der Waals surface area contributed by atoms with Gasteiger partial charge in [-0.2, -0.15) is 4.31 Å². The largest absolute Gasteiger partial charge is 0.480 e. The summed E-state index contributed by atoms with van der Waals surface area (Å²) in [5.41, 5.74) is 1.64. The van der Waals surface area contributed by atoms with Gasteiger partial charge in [-0.3, -0.25) is 4.79 Å². The number of hydrogen-bond acceptors (Lipinski definition) is 4. The fourth-order valence-electron chi connectivity index (χ4n) is 4.05. The van der Waals surface area contributed by atoms with Gasteiger partial charge in [0.25, 0.3) is 5.91 Å². The van der Waals surface area contributed by atoms with Gasteiger partial charge in [-0.25, -0.2) is 8.42 Å².